The molecule has 0 saturated carbocycles. The number of hydrogen-bond donors (Lipinski definition) is 1. The van der Waals surface area contributed by atoms with Crippen LogP contribution in [0.25, 0.3) is 0 Å². The molecule has 14 heavy (non-hydrogen) atoms. The minimum atomic E-state index is -3.51. The molecule has 0 aromatic heterocycles. The van der Waals surface area contributed by atoms with Crippen LogP contribution in [0.4, 0.5) is 4.79 Å². The first kappa shape index (κ1) is 11.0. The van der Waals surface area contributed by atoms with Gasteiger partial charge in [-0.25, -0.2) is 4.79 Å². The summed E-state index contributed by atoms with van der Waals surface area (Å²) in [5, 5.41) is 8.69. The maximum absolute atomic E-state index is 10.7. The minimum absolute atomic E-state index is 0.165. The third-order valence-corrected chi connectivity index (χ3v) is 2.32. The molecule has 0 aliphatic carbocycles. The number of amides is 1. The van der Waals surface area contributed by atoms with Gasteiger partial charge in [-0.1, -0.05) is 12.2 Å². The van der Waals surface area contributed by atoms with Gasteiger partial charge in [-0.3, -0.25) is 9.08 Å². The fourth-order valence-electron chi connectivity index (χ4n) is 1.13. The Morgan fingerprint density at radius 1 is 1.71 bits per heavy atom. The summed E-state index contributed by atoms with van der Waals surface area (Å²) >= 11 is 0. The normalized spacial score (nSPS) is 21.5. The van der Waals surface area contributed by atoms with Gasteiger partial charge in [-0.15, -0.1) is 0 Å². The number of carbonyl (C=O) groups is 1. The van der Waals surface area contributed by atoms with Gasteiger partial charge in [0.05, 0.1) is 18.9 Å². The van der Waals surface area contributed by atoms with Crippen molar-refractivity contribution >= 4 is 16.2 Å². The van der Waals surface area contributed by atoms with Gasteiger partial charge < -0.3 is 5.11 Å². The molecule has 0 spiro atoms. The van der Waals surface area contributed by atoms with E-state index in [-0.39, 0.29) is 13.2 Å². The third kappa shape index (κ3) is 3.00. The molecule has 1 heterocycles. The molecule has 7 heteroatoms. The predicted molar refractivity (Wildman–Crippen MR) is 48.5 cm³/mol. The maximum Gasteiger partial charge on any atom is 0.408 e. The molecule has 1 aliphatic heterocycles. The predicted octanol–water partition coefficient (Wildman–Crippen LogP) is -0.119. The molecule has 0 aromatic rings. The largest absolute Gasteiger partial charge is 0.465 e. The van der Waals surface area contributed by atoms with Crippen LogP contribution in [-0.4, -0.2) is 50.0 Å². The molecule has 0 unspecified atom stereocenters. The van der Waals surface area contributed by atoms with Gasteiger partial charge in [0, 0.05) is 6.54 Å². The molecule has 1 rings (SSSR count). The molecule has 80 valence electrons. The molecule has 0 bridgehead atoms. The first-order chi connectivity index (χ1) is 6.40. The number of nitrogens with zero attached hydrogens (tertiary/aromatic N) is 1. The van der Waals surface area contributed by atoms with Crippen molar-refractivity contribution in [2.45, 2.75) is 6.04 Å². The Balaban J connectivity index is 2.52. The van der Waals surface area contributed by atoms with E-state index in [9.17, 15) is 13.2 Å². The molecule has 0 fully saturated rings. The van der Waals surface area contributed by atoms with E-state index >= 15 is 0 Å². The fourth-order valence-corrected chi connectivity index (χ4v) is 1.52. The summed E-state index contributed by atoms with van der Waals surface area (Å²) in [6, 6.07) is -0.512. The Labute approximate surface area is 81.9 Å². The summed E-state index contributed by atoms with van der Waals surface area (Å²) in [6.07, 6.45) is 3.11. The van der Waals surface area contributed by atoms with E-state index in [0.717, 1.165) is 11.2 Å². The molecular formula is C7H11NO5S. The second kappa shape index (κ2) is 3.97. The third-order valence-electron chi connectivity index (χ3n) is 1.76. The van der Waals surface area contributed by atoms with E-state index < -0.39 is 22.3 Å². The maximum atomic E-state index is 10.7. The van der Waals surface area contributed by atoms with E-state index in [1.807, 2.05) is 0 Å². The van der Waals surface area contributed by atoms with E-state index in [4.69, 9.17) is 5.11 Å². The van der Waals surface area contributed by atoms with Crippen LogP contribution in [0.2, 0.25) is 0 Å². The van der Waals surface area contributed by atoms with Gasteiger partial charge >= 0.3 is 6.09 Å². The van der Waals surface area contributed by atoms with Crippen LogP contribution in [-0.2, 0) is 14.3 Å². The Hall–Kier alpha value is -1.08. The van der Waals surface area contributed by atoms with Crippen molar-refractivity contribution in [3.05, 3.63) is 12.2 Å². The Bertz CT molecular complexity index is 347. The highest BCUT2D eigenvalue weighted by Gasteiger charge is 2.25. The lowest BCUT2D eigenvalue weighted by molar-refractivity contribution is 0.130. The van der Waals surface area contributed by atoms with Crippen molar-refractivity contribution in [1.82, 2.24) is 4.90 Å². The quantitative estimate of drug-likeness (QED) is 0.530. The highest BCUT2D eigenvalue weighted by molar-refractivity contribution is 7.85. The topological polar surface area (TPSA) is 83.9 Å². The lowest BCUT2D eigenvalue weighted by atomic mass is 10.3. The van der Waals surface area contributed by atoms with Crippen LogP contribution in [0, 0.1) is 0 Å². The van der Waals surface area contributed by atoms with Crippen molar-refractivity contribution < 1.29 is 22.5 Å². The molecule has 1 N–H and O–H groups in total. The highest BCUT2D eigenvalue weighted by atomic mass is 32.2. The fraction of sp³-hybridized carbons (Fsp3) is 0.571. The van der Waals surface area contributed by atoms with Crippen LogP contribution in [0.1, 0.15) is 0 Å². The van der Waals surface area contributed by atoms with Crippen LogP contribution < -0.4 is 0 Å². The lowest BCUT2D eigenvalue weighted by Crippen LogP contribution is -2.38. The number of carboxylic acid groups (broad SMARTS) is 1. The monoisotopic (exact) mass is 221 g/mol. The van der Waals surface area contributed by atoms with Crippen LogP contribution >= 0.6 is 0 Å². The molecule has 1 aliphatic rings. The van der Waals surface area contributed by atoms with E-state index in [0.29, 0.717) is 0 Å². The van der Waals surface area contributed by atoms with E-state index in [2.05, 4.69) is 4.18 Å². The molecule has 6 nitrogen and oxygen atoms in total. The van der Waals surface area contributed by atoms with Gasteiger partial charge in [-0.2, -0.15) is 8.42 Å². The van der Waals surface area contributed by atoms with Crippen LogP contribution in [0.5, 0.6) is 0 Å². The highest BCUT2D eigenvalue weighted by Crippen LogP contribution is 2.10. The zero-order chi connectivity index (χ0) is 10.8. The standard InChI is InChI=1S/C7H11NO5S/c1-14(11,12)13-5-6-3-2-4-8(6)7(9)10/h2-3,6H,4-5H2,1H3,(H,9,10)/t6-/m0/s1. The molecule has 0 aromatic carbocycles. The molecule has 0 radical (unpaired) electrons. The van der Waals surface area contributed by atoms with Crippen molar-refractivity contribution in [2.24, 2.45) is 0 Å². The van der Waals surface area contributed by atoms with Crippen molar-refractivity contribution in [2.75, 3.05) is 19.4 Å². The molecule has 1 amide bonds. The summed E-state index contributed by atoms with van der Waals surface area (Å²) in [5.74, 6) is 0. The van der Waals surface area contributed by atoms with Gasteiger partial charge in [0.1, 0.15) is 0 Å². The van der Waals surface area contributed by atoms with Crippen molar-refractivity contribution in [1.29, 1.82) is 0 Å². The summed E-state index contributed by atoms with van der Waals surface area (Å²) < 4.78 is 25.8. The average Bonchev–Trinajstić information content (AvgIpc) is 2.46. The number of rotatable bonds is 3. The number of hydrogen-bond acceptors (Lipinski definition) is 4. The second-order valence-corrected chi connectivity index (χ2v) is 4.56. The zero-order valence-corrected chi connectivity index (χ0v) is 8.40. The van der Waals surface area contributed by atoms with Crippen molar-refractivity contribution in [3.8, 4) is 0 Å². The Kier molecular flexibility index (Phi) is 3.12. The molecule has 0 saturated heterocycles. The smallest absolute Gasteiger partial charge is 0.408 e. The first-order valence-electron chi connectivity index (χ1n) is 3.91. The summed E-state index contributed by atoms with van der Waals surface area (Å²) in [4.78, 5) is 11.7. The minimum Gasteiger partial charge on any atom is -0.465 e. The van der Waals surface area contributed by atoms with Gasteiger partial charge in [0.2, 0.25) is 0 Å². The van der Waals surface area contributed by atoms with Crippen LogP contribution in [0.15, 0.2) is 12.2 Å². The molecule has 1 atom stereocenters. The van der Waals surface area contributed by atoms with Gasteiger partial charge in [-0.05, 0) is 0 Å². The van der Waals surface area contributed by atoms with E-state index in [1.165, 1.54) is 0 Å². The van der Waals surface area contributed by atoms with Gasteiger partial charge in [0.15, 0.2) is 0 Å². The lowest BCUT2D eigenvalue weighted by Gasteiger charge is -2.20. The van der Waals surface area contributed by atoms with Crippen molar-refractivity contribution in [3.63, 3.8) is 0 Å². The zero-order valence-electron chi connectivity index (χ0n) is 7.58. The SMILES string of the molecule is CS(=O)(=O)OC[C@@H]1C=CCN1C(=O)O. The summed E-state index contributed by atoms with van der Waals surface area (Å²) in [7, 11) is -3.51. The second-order valence-electron chi connectivity index (χ2n) is 2.92. The summed E-state index contributed by atoms with van der Waals surface area (Å²) in [5.41, 5.74) is 0. The summed E-state index contributed by atoms with van der Waals surface area (Å²) in [6.45, 7) is 0.106. The van der Waals surface area contributed by atoms with Crippen LogP contribution in [0.3, 0.4) is 0 Å². The molecular weight excluding hydrogens is 210 g/mol. The van der Waals surface area contributed by atoms with E-state index in [1.54, 1.807) is 12.2 Å². The Morgan fingerprint density at radius 3 is 2.86 bits per heavy atom. The van der Waals surface area contributed by atoms with Gasteiger partial charge in [0.25, 0.3) is 10.1 Å². The average molecular weight is 221 g/mol. The first-order valence-corrected chi connectivity index (χ1v) is 5.72. The Morgan fingerprint density at radius 2 is 2.36 bits per heavy atom.